The van der Waals surface area contributed by atoms with Gasteiger partial charge in [0.05, 0.1) is 17.2 Å². The molecule has 1 amide bonds. The molecular weight excluding hydrogens is 276 g/mol. The van der Waals surface area contributed by atoms with Crippen LogP contribution in [-0.4, -0.2) is 40.6 Å². The molecule has 0 aliphatic carbocycles. The molecule has 1 fully saturated rings. The Labute approximate surface area is 121 Å². The molecule has 0 saturated carbocycles. The molecule has 4 N–H and O–H groups in total. The molecule has 0 spiro atoms. The minimum Gasteiger partial charge on any atom is -0.478 e. The number of piperidine rings is 1. The largest absolute Gasteiger partial charge is 0.478 e. The van der Waals surface area contributed by atoms with Crippen molar-refractivity contribution in [2.45, 2.75) is 25.3 Å². The molecule has 1 unspecified atom stereocenters. The van der Waals surface area contributed by atoms with Gasteiger partial charge >= 0.3 is 11.9 Å². The molecule has 1 aliphatic rings. The SMILES string of the molecule is O=C(O)c1cc(NC(=O)C2CCCCN2)cc(C(=O)O)c1. The van der Waals surface area contributed by atoms with Gasteiger partial charge in [-0.05, 0) is 37.6 Å². The van der Waals surface area contributed by atoms with Crippen molar-refractivity contribution in [3.05, 3.63) is 29.3 Å². The van der Waals surface area contributed by atoms with E-state index in [9.17, 15) is 14.4 Å². The van der Waals surface area contributed by atoms with E-state index in [0.717, 1.165) is 25.5 Å². The second kappa shape index (κ2) is 6.36. The highest BCUT2D eigenvalue weighted by Gasteiger charge is 2.21. The molecule has 0 bridgehead atoms. The third-order valence-corrected chi connectivity index (χ3v) is 3.32. The molecule has 0 aromatic heterocycles. The van der Waals surface area contributed by atoms with Crippen molar-refractivity contribution < 1.29 is 24.6 Å². The zero-order chi connectivity index (χ0) is 15.4. The summed E-state index contributed by atoms with van der Waals surface area (Å²) in [6.45, 7) is 0.758. The Kier molecular flexibility index (Phi) is 4.54. The van der Waals surface area contributed by atoms with Crippen molar-refractivity contribution in [1.82, 2.24) is 5.32 Å². The zero-order valence-electron chi connectivity index (χ0n) is 11.3. The van der Waals surface area contributed by atoms with Crippen LogP contribution >= 0.6 is 0 Å². The molecule has 2 rings (SSSR count). The van der Waals surface area contributed by atoms with Crippen LogP contribution in [0.15, 0.2) is 18.2 Å². The summed E-state index contributed by atoms with van der Waals surface area (Å²) in [4.78, 5) is 34.1. The standard InChI is InChI=1S/C14H16N2O5/c17-12(11-3-1-2-4-15-11)16-10-6-8(13(18)19)5-9(7-10)14(20)21/h5-7,11,15H,1-4H2,(H,16,17)(H,18,19)(H,20,21). The predicted molar refractivity (Wildman–Crippen MR) is 74.6 cm³/mol. The maximum absolute atomic E-state index is 12.1. The van der Waals surface area contributed by atoms with E-state index in [1.807, 2.05) is 0 Å². The Bertz CT molecular complexity index is 546. The van der Waals surface area contributed by atoms with Gasteiger partial charge < -0.3 is 20.8 Å². The van der Waals surface area contributed by atoms with Gasteiger partial charge in [-0.15, -0.1) is 0 Å². The van der Waals surface area contributed by atoms with Crippen molar-refractivity contribution in [2.24, 2.45) is 0 Å². The molecule has 1 aliphatic heterocycles. The number of carbonyl (C=O) groups excluding carboxylic acids is 1. The van der Waals surface area contributed by atoms with Crippen LogP contribution in [0.5, 0.6) is 0 Å². The third kappa shape index (κ3) is 3.79. The minimum absolute atomic E-state index is 0.171. The maximum atomic E-state index is 12.1. The van der Waals surface area contributed by atoms with Gasteiger partial charge in [0, 0.05) is 5.69 Å². The highest BCUT2D eigenvalue weighted by molar-refractivity contribution is 5.99. The van der Waals surface area contributed by atoms with E-state index in [1.165, 1.54) is 12.1 Å². The van der Waals surface area contributed by atoms with Crippen LogP contribution in [0.3, 0.4) is 0 Å². The fourth-order valence-electron chi connectivity index (χ4n) is 2.25. The van der Waals surface area contributed by atoms with E-state index in [4.69, 9.17) is 10.2 Å². The summed E-state index contributed by atoms with van der Waals surface area (Å²) in [6, 6.07) is 3.21. The number of carboxylic acids is 2. The molecule has 7 nitrogen and oxygen atoms in total. The lowest BCUT2D eigenvalue weighted by Crippen LogP contribution is -2.43. The zero-order valence-corrected chi connectivity index (χ0v) is 11.3. The van der Waals surface area contributed by atoms with E-state index in [2.05, 4.69) is 10.6 Å². The summed E-state index contributed by atoms with van der Waals surface area (Å²) in [6.07, 6.45) is 2.66. The van der Waals surface area contributed by atoms with E-state index in [0.29, 0.717) is 6.42 Å². The first-order valence-electron chi connectivity index (χ1n) is 6.63. The van der Waals surface area contributed by atoms with Gasteiger partial charge in [0.25, 0.3) is 0 Å². The second-order valence-electron chi connectivity index (χ2n) is 4.90. The number of benzene rings is 1. The van der Waals surface area contributed by atoms with Crippen LogP contribution in [0.2, 0.25) is 0 Å². The van der Waals surface area contributed by atoms with Gasteiger partial charge in [-0.25, -0.2) is 9.59 Å². The number of carbonyl (C=O) groups is 3. The molecule has 1 aromatic rings. The summed E-state index contributed by atoms with van der Waals surface area (Å²) in [5.74, 6) is -2.78. The number of rotatable bonds is 4. The first-order chi connectivity index (χ1) is 9.97. The fraction of sp³-hybridized carbons (Fsp3) is 0.357. The molecular formula is C14H16N2O5. The smallest absolute Gasteiger partial charge is 0.335 e. The lowest BCUT2D eigenvalue weighted by Gasteiger charge is -2.22. The first-order valence-corrected chi connectivity index (χ1v) is 6.63. The van der Waals surface area contributed by atoms with Crippen LogP contribution < -0.4 is 10.6 Å². The molecule has 0 radical (unpaired) electrons. The number of carboxylic acid groups (broad SMARTS) is 2. The topological polar surface area (TPSA) is 116 Å². The van der Waals surface area contributed by atoms with Crippen LogP contribution in [-0.2, 0) is 4.79 Å². The Morgan fingerprint density at radius 1 is 1.05 bits per heavy atom. The number of hydrogen-bond donors (Lipinski definition) is 4. The Morgan fingerprint density at radius 2 is 1.67 bits per heavy atom. The van der Waals surface area contributed by atoms with E-state index < -0.39 is 11.9 Å². The van der Waals surface area contributed by atoms with Crippen LogP contribution in [0.4, 0.5) is 5.69 Å². The third-order valence-electron chi connectivity index (χ3n) is 3.32. The van der Waals surface area contributed by atoms with Gasteiger partial charge in [-0.1, -0.05) is 6.42 Å². The van der Waals surface area contributed by atoms with Gasteiger partial charge in [-0.2, -0.15) is 0 Å². The van der Waals surface area contributed by atoms with Crippen molar-refractivity contribution in [3.63, 3.8) is 0 Å². The molecule has 1 heterocycles. The molecule has 21 heavy (non-hydrogen) atoms. The van der Waals surface area contributed by atoms with Gasteiger partial charge in [0.1, 0.15) is 0 Å². The highest BCUT2D eigenvalue weighted by atomic mass is 16.4. The summed E-state index contributed by atoms with van der Waals surface area (Å²) >= 11 is 0. The lowest BCUT2D eigenvalue weighted by molar-refractivity contribution is -0.118. The Hall–Kier alpha value is -2.41. The van der Waals surface area contributed by atoms with E-state index >= 15 is 0 Å². The summed E-state index contributed by atoms with van der Waals surface area (Å²) in [7, 11) is 0. The minimum atomic E-state index is -1.25. The van der Waals surface area contributed by atoms with Crippen LogP contribution in [0.1, 0.15) is 40.0 Å². The maximum Gasteiger partial charge on any atom is 0.335 e. The summed E-state index contributed by atoms with van der Waals surface area (Å²) in [5, 5.41) is 23.6. The lowest BCUT2D eigenvalue weighted by atomic mass is 10.0. The molecule has 1 saturated heterocycles. The van der Waals surface area contributed by atoms with Gasteiger partial charge in [0.15, 0.2) is 0 Å². The number of anilines is 1. The van der Waals surface area contributed by atoms with E-state index in [1.54, 1.807) is 0 Å². The Morgan fingerprint density at radius 3 is 2.14 bits per heavy atom. The van der Waals surface area contributed by atoms with Crippen LogP contribution in [0, 0.1) is 0 Å². The van der Waals surface area contributed by atoms with Crippen molar-refractivity contribution >= 4 is 23.5 Å². The number of amides is 1. The average Bonchev–Trinajstić information content (AvgIpc) is 2.47. The summed E-state index contributed by atoms with van der Waals surface area (Å²) in [5.41, 5.74) is -0.187. The molecule has 7 heteroatoms. The number of aromatic carboxylic acids is 2. The predicted octanol–water partition coefficient (Wildman–Crippen LogP) is 1.16. The first kappa shape index (κ1) is 15.0. The van der Waals surface area contributed by atoms with Crippen molar-refractivity contribution in [2.75, 3.05) is 11.9 Å². The number of nitrogens with one attached hydrogen (secondary N) is 2. The normalized spacial score (nSPS) is 18.0. The quantitative estimate of drug-likeness (QED) is 0.662. The molecule has 112 valence electrons. The van der Waals surface area contributed by atoms with Crippen molar-refractivity contribution in [1.29, 1.82) is 0 Å². The second-order valence-corrected chi connectivity index (χ2v) is 4.90. The summed E-state index contributed by atoms with van der Waals surface area (Å²) < 4.78 is 0. The monoisotopic (exact) mass is 292 g/mol. The average molecular weight is 292 g/mol. The Balaban J connectivity index is 2.20. The molecule has 1 aromatic carbocycles. The fourth-order valence-corrected chi connectivity index (χ4v) is 2.25. The van der Waals surface area contributed by atoms with Crippen molar-refractivity contribution in [3.8, 4) is 0 Å². The highest BCUT2D eigenvalue weighted by Crippen LogP contribution is 2.17. The van der Waals surface area contributed by atoms with Gasteiger partial charge in [-0.3, -0.25) is 4.79 Å². The van der Waals surface area contributed by atoms with Crippen LogP contribution in [0.25, 0.3) is 0 Å². The van der Waals surface area contributed by atoms with E-state index in [-0.39, 0.29) is 28.8 Å². The molecule has 1 atom stereocenters. The number of hydrogen-bond acceptors (Lipinski definition) is 4. The van der Waals surface area contributed by atoms with Gasteiger partial charge in [0.2, 0.25) is 5.91 Å².